The third-order valence-corrected chi connectivity index (χ3v) is 3.97. The summed E-state index contributed by atoms with van der Waals surface area (Å²) in [4.78, 5) is 11.2. The molecule has 0 aliphatic carbocycles. The van der Waals surface area contributed by atoms with Gasteiger partial charge in [-0.05, 0) is 51.1 Å². The zero-order chi connectivity index (χ0) is 13.1. The summed E-state index contributed by atoms with van der Waals surface area (Å²) in [6.07, 6.45) is 0. The lowest BCUT2D eigenvalue weighted by molar-refractivity contribution is 0.0701. The molecule has 0 atom stereocenters. The van der Waals surface area contributed by atoms with Crippen LogP contribution in [0.5, 0.6) is 0 Å². The van der Waals surface area contributed by atoms with Crippen molar-refractivity contribution in [3.05, 3.63) is 50.4 Å². The van der Waals surface area contributed by atoms with Crippen LogP contribution in [-0.4, -0.2) is 11.1 Å². The Labute approximate surface area is 115 Å². The van der Waals surface area contributed by atoms with Crippen molar-refractivity contribution in [1.29, 1.82) is 0 Å². The van der Waals surface area contributed by atoms with E-state index < -0.39 is 5.97 Å². The van der Waals surface area contributed by atoms with Crippen molar-refractivity contribution in [3.63, 3.8) is 0 Å². The van der Waals surface area contributed by atoms with Gasteiger partial charge in [-0.2, -0.15) is 0 Å². The lowest BCUT2D eigenvalue weighted by atomic mass is 10.2. The predicted octanol–water partition coefficient (Wildman–Crippen LogP) is 3.96. The van der Waals surface area contributed by atoms with Gasteiger partial charge >= 0.3 is 5.97 Å². The van der Waals surface area contributed by atoms with Gasteiger partial charge in [0, 0.05) is 11.0 Å². The lowest BCUT2D eigenvalue weighted by Crippen LogP contribution is -2.04. The number of rotatable bonds is 4. The van der Waals surface area contributed by atoms with Crippen molar-refractivity contribution in [2.24, 2.45) is 0 Å². The second-order valence-electron chi connectivity index (χ2n) is 3.56. The molecule has 6 heteroatoms. The number of thiophene rings is 1. The summed E-state index contributed by atoms with van der Waals surface area (Å²) in [6, 6.07) is 6.05. The third-order valence-electron chi connectivity index (χ3n) is 2.34. The van der Waals surface area contributed by atoms with Crippen LogP contribution in [0.15, 0.2) is 34.1 Å². The molecule has 0 fully saturated rings. The number of benzene rings is 1. The monoisotopic (exact) mass is 329 g/mol. The number of carboxylic acid groups (broad SMARTS) is 1. The van der Waals surface area contributed by atoms with Gasteiger partial charge in [0.1, 0.15) is 10.7 Å². The van der Waals surface area contributed by atoms with Gasteiger partial charge in [0.15, 0.2) is 0 Å². The Hall–Kier alpha value is -1.40. The fourth-order valence-corrected chi connectivity index (χ4v) is 2.63. The van der Waals surface area contributed by atoms with E-state index in [1.54, 1.807) is 17.5 Å². The SMILES string of the molecule is O=C(O)c1sccc1CNc1cc(F)ccc1Br. The Balaban J connectivity index is 2.14. The molecule has 0 amide bonds. The first-order valence-corrected chi connectivity index (χ1v) is 6.74. The number of hydrogen-bond donors (Lipinski definition) is 2. The van der Waals surface area contributed by atoms with E-state index in [1.807, 2.05) is 0 Å². The van der Waals surface area contributed by atoms with E-state index in [4.69, 9.17) is 5.11 Å². The first-order valence-electron chi connectivity index (χ1n) is 5.06. The molecule has 1 heterocycles. The fraction of sp³-hybridized carbons (Fsp3) is 0.0833. The first-order chi connectivity index (χ1) is 8.58. The van der Waals surface area contributed by atoms with Crippen LogP contribution in [0.1, 0.15) is 15.2 Å². The fourth-order valence-electron chi connectivity index (χ4n) is 1.49. The zero-order valence-corrected chi connectivity index (χ0v) is 11.5. The summed E-state index contributed by atoms with van der Waals surface area (Å²) >= 11 is 4.47. The molecule has 94 valence electrons. The molecule has 0 aliphatic heterocycles. The van der Waals surface area contributed by atoms with Crippen molar-refractivity contribution in [2.45, 2.75) is 6.54 Å². The Morgan fingerprint density at radius 2 is 2.22 bits per heavy atom. The molecule has 0 radical (unpaired) electrons. The van der Waals surface area contributed by atoms with E-state index in [1.165, 1.54) is 23.5 Å². The molecule has 2 N–H and O–H groups in total. The number of hydrogen-bond acceptors (Lipinski definition) is 3. The number of aromatic carboxylic acids is 1. The summed E-state index contributed by atoms with van der Waals surface area (Å²) in [5.74, 6) is -1.29. The van der Waals surface area contributed by atoms with Gasteiger partial charge in [0.2, 0.25) is 0 Å². The number of carbonyl (C=O) groups is 1. The molecular formula is C12H9BrFNO2S. The van der Waals surface area contributed by atoms with Gasteiger partial charge in [0.05, 0.1) is 5.69 Å². The minimum Gasteiger partial charge on any atom is -0.477 e. The van der Waals surface area contributed by atoms with E-state index in [2.05, 4.69) is 21.2 Å². The molecule has 0 bridgehead atoms. The Kier molecular flexibility index (Phi) is 3.98. The van der Waals surface area contributed by atoms with Crippen molar-refractivity contribution in [3.8, 4) is 0 Å². The van der Waals surface area contributed by atoms with Crippen LogP contribution in [0.4, 0.5) is 10.1 Å². The third kappa shape index (κ3) is 2.88. The lowest BCUT2D eigenvalue weighted by Gasteiger charge is -2.08. The number of halogens is 2. The molecule has 0 unspecified atom stereocenters. The van der Waals surface area contributed by atoms with E-state index in [0.29, 0.717) is 22.7 Å². The van der Waals surface area contributed by atoms with Gasteiger partial charge < -0.3 is 10.4 Å². The highest BCUT2D eigenvalue weighted by Crippen LogP contribution is 2.25. The van der Waals surface area contributed by atoms with Gasteiger partial charge in [-0.15, -0.1) is 11.3 Å². The normalized spacial score (nSPS) is 10.3. The minimum absolute atomic E-state index is 0.301. The number of anilines is 1. The second-order valence-corrected chi connectivity index (χ2v) is 5.33. The van der Waals surface area contributed by atoms with Crippen LogP contribution in [-0.2, 0) is 6.54 Å². The summed E-state index contributed by atoms with van der Waals surface area (Å²) in [5.41, 5.74) is 1.28. The number of carboxylic acids is 1. The van der Waals surface area contributed by atoms with Crippen molar-refractivity contribution >= 4 is 38.9 Å². The molecule has 1 aromatic heterocycles. The topological polar surface area (TPSA) is 49.3 Å². The molecule has 0 saturated carbocycles. The highest BCUT2D eigenvalue weighted by molar-refractivity contribution is 9.10. The standard InChI is InChI=1S/C12H9BrFNO2S/c13-9-2-1-8(14)5-10(9)15-6-7-3-4-18-11(7)12(16)17/h1-5,15H,6H2,(H,16,17). The molecule has 3 nitrogen and oxygen atoms in total. The maximum Gasteiger partial charge on any atom is 0.346 e. The highest BCUT2D eigenvalue weighted by Gasteiger charge is 2.11. The van der Waals surface area contributed by atoms with Crippen LogP contribution >= 0.6 is 27.3 Å². The predicted molar refractivity (Wildman–Crippen MR) is 72.7 cm³/mol. The maximum absolute atomic E-state index is 13.1. The average Bonchev–Trinajstić information content (AvgIpc) is 2.79. The quantitative estimate of drug-likeness (QED) is 0.892. The summed E-state index contributed by atoms with van der Waals surface area (Å²) in [5, 5.41) is 13.7. The van der Waals surface area contributed by atoms with Crippen LogP contribution in [0.25, 0.3) is 0 Å². The molecule has 0 spiro atoms. The van der Waals surface area contributed by atoms with Gasteiger partial charge in [0.25, 0.3) is 0 Å². The van der Waals surface area contributed by atoms with E-state index in [-0.39, 0.29) is 5.82 Å². The van der Waals surface area contributed by atoms with Crippen LogP contribution in [0, 0.1) is 5.82 Å². The molecule has 18 heavy (non-hydrogen) atoms. The molecular weight excluding hydrogens is 321 g/mol. The average molecular weight is 330 g/mol. The zero-order valence-electron chi connectivity index (χ0n) is 9.11. The maximum atomic E-state index is 13.1. The van der Waals surface area contributed by atoms with E-state index >= 15 is 0 Å². The van der Waals surface area contributed by atoms with Crippen LogP contribution in [0.3, 0.4) is 0 Å². The minimum atomic E-state index is -0.944. The summed E-state index contributed by atoms with van der Waals surface area (Å²) in [7, 11) is 0. The second kappa shape index (κ2) is 5.49. The molecule has 0 aliphatic rings. The molecule has 1 aromatic carbocycles. The van der Waals surface area contributed by atoms with E-state index in [9.17, 15) is 9.18 Å². The van der Waals surface area contributed by atoms with Crippen LogP contribution < -0.4 is 5.32 Å². The van der Waals surface area contributed by atoms with Crippen LogP contribution in [0.2, 0.25) is 0 Å². The van der Waals surface area contributed by atoms with Crippen molar-refractivity contribution in [1.82, 2.24) is 0 Å². The smallest absolute Gasteiger partial charge is 0.346 e. The number of nitrogens with one attached hydrogen (secondary N) is 1. The highest BCUT2D eigenvalue weighted by atomic mass is 79.9. The molecule has 2 aromatic rings. The van der Waals surface area contributed by atoms with Crippen molar-refractivity contribution < 1.29 is 14.3 Å². The summed E-state index contributed by atoms with van der Waals surface area (Å²) < 4.78 is 13.8. The largest absolute Gasteiger partial charge is 0.477 e. The van der Waals surface area contributed by atoms with Crippen molar-refractivity contribution in [2.75, 3.05) is 5.32 Å². The summed E-state index contributed by atoms with van der Waals surface area (Å²) in [6.45, 7) is 0.340. The Morgan fingerprint density at radius 3 is 2.94 bits per heavy atom. The first kappa shape index (κ1) is 13.0. The van der Waals surface area contributed by atoms with Gasteiger partial charge in [-0.25, -0.2) is 9.18 Å². The Morgan fingerprint density at radius 1 is 1.44 bits per heavy atom. The van der Waals surface area contributed by atoms with E-state index in [0.717, 1.165) is 4.47 Å². The molecule has 2 rings (SSSR count). The van der Waals surface area contributed by atoms with Gasteiger partial charge in [-0.1, -0.05) is 0 Å². The van der Waals surface area contributed by atoms with Gasteiger partial charge in [-0.3, -0.25) is 0 Å². The Bertz CT molecular complexity index is 585. The molecule has 0 saturated heterocycles.